The molecule has 1 aliphatic heterocycles. The maximum absolute atomic E-state index is 12.4. The van der Waals surface area contributed by atoms with Gasteiger partial charge in [0.25, 0.3) is 0 Å². The summed E-state index contributed by atoms with van der Waals surface area (Å²) in [5.41, 5.74) is 4.34. The lowest BCUT2D eigenvalue weighted by molar-refractivity contribution is -0.130. The molecule has 1 heterocycles. The SMILES string of the molecule is COc1ccc(/C=C2\C=C(c3ccc(-c4ccccc4)cc3)OC2=O)c(OC)c1. The van der Waals surface area contributed by atoms with Crippen LogP contribution in [0.5, 0.6) is 11.5 Å². The Morgan fingerprint density at radius 1 is 0.793 bits per heavy atom. The summed E-state index contributed by atoms with van der Waals surface area (Å²) < 4.78 is 16.1. The van der Waals surface area contributed by atoms with Crippen molar-refractivity contribution in [3.05, 3.63) is 95.6 Å². The lowest BCUT2D eigenvalue weighted by atomic mass is 10.0. The van der Waals surface area contributed by atoms with E-state index in [-0.39, 0.29) is 5.97 Å². The van der Waals surface area contributed by atoms with Gasteiger partial charge in [0.15, 0.2) is 0 Å². The van der Waals surface area contributed by atoms with Crippen molar-refractivity contribution >= 4 is 17.8 Å². The third-order valence-corrected chi connectivity index (χ3v) is 4.75. The highest BCUT2D eigenvalue weighted by Gasteiger charge is 2.22. The Kier molecular flexibility index (Phi) is 5.16. The maximum Gasteiger partial charge on any atom is 0.343 e. The van der Waals surface area contributed by atoms with Crippen LogP contribution in [0.1, 0.15) is 11.1 Å². The minimum absolute atomic E-state index is 0.384. The molecule has 0 aromatic heterocycles. The fraction of sp³-hybridized carbons (Fsp3) is 0.0800. The van der Waals surface area contributed by atoms with E-state index >= 15 is 0 Å². The van der Waals surface area contributed by atoms with Gasteiger partial charge in [-0.05, 0) is 35.4 Å². The highest BCUT2D eigenvalue weighted by atomic mass is 16.5. The molecular formula is C25H20O4. The molecule has 4 nitrogen and oxygen atoms in total. The van der Waals surface area contributed by atoms with E-state index in [4.69, 9.17) is 14.2 Å². The van der Waals surface area contributed by atoms with Crippen molar-refractivity contribution < 1.29 is 19.0 Å². The second kappa shape index (κ2) is 8.07. The predicted octanol–water partition coefficient (Wildman–Crippen LogP) is 5.35. The normalized spacial score (nSPS) is 14.5. The number of rotatable bonds is 5. The smallest absolute Gasteiger partial charge is 0.343 e. The molecule has 0 unspecified atom stereocenters. The monoisotopic (exact) mass is 384 g/mol. The fourth-order valence-electron chi connectivity index (χ4n) is 3.19. The van der Waals surface area contributed by atoms with Gasteiger partial charge in [0.2, 0.25) is 0 Å². The number of methoxy groups -OCH3 is 2. The Balaban J connectivity index is 1.62. The molecule has 0 saturated carbocycles. The van der Waals surface area contributed by atoms with E-state index in [0.29, 0.717) is 22.8 Å². The quantitative estimate of drug-likeness (QED) is 0.439. The van der Waals surface area contributed by atoms with Crippen LogP contribution in [0.25, 0.3) is 23.0 Å². The van der Waals surface area contributed by atoms with Crippen molar-refractivity contribution in [2.75, 3.05) is 14.2 Å². The minimum Gasteiger partial charge on any atom is -0.497 e. The largest absolute Gasteiger partial charge is 0.497 e. The van der Waals surface area contributed by atoms with Crippen molar-refractivity contribution in [1.29, 1.82) is 0 Å². The second-order valence-electron chi connectivity index (χ2n) is 6.55. The first-order valence-corrected chi connectivity index (χ1v) is 9.21. The molecule has 3 aromatic rings. The van der Waals surface area contributed by atoms with E-state index in [9.17, 15) is 4.79 Å². The number of esters is 1. The average molecular weight is 384 g/mol. The molecule has 144 valence electrons. The van der Waals surface area contributed by atoms with Gasteiger partial charge < -0.3 is 14.2 Å². The Morgan fingerprint density at radius 2 is 1.48 bits per heavy atom. The number of ether oxygens (including phenoxy) is 3. The summed E-state index contributed by atoms with van der Waals surface area (Å²) in [4.78, 5) is 12.4. The van der Waals surface area contributed by atoms with Crippen molar-refractivity contribution in [2.45, 2.75) is 0 Å². The number of hydrogen-bond acceptors (Lipinski definition) is 4. The first-order chi connectivity index (χ1) is 14.2. The van der Waals surface area contributed by atoms with Gasteiger partial charge in [0.1, 0.15) is 17.3 Å². The van der Waals surface area contributed by atoms with Crippen molar-refractivity contribution in [1.82, 2.24) is 0 Å². The molecule has 1 aliphatic rings. The van der Waals surface area contributed by atoms with Gasteiger partial charge >= 0.3 is 5.97 Å². The fourth-order valence-corrected chi connectivity index (χ4v) is 3.19. The standard InChI is InChI=1S/C25H20O4/c1-27-22-13-12-20(23(16-22)28-2)14-21-15-24(29-25(21)26)19-10-8-18(9-11-19)17-6-4-3-5-7-17/h3-16H,1-2H3/b21-14+. The first kappa shape index (κ1) is 18.6. The molecule has 0 radical (unpaired) electrons. The number of carbonyl (C=O) groups is 1. The zero-order valence-electron chi connectivity index (χ0n) is 16.2. The third-order valence-electron chi connectivity index (χ3n) is 4.75. The van der Waals surface area contributed by atoms with Crippen LogP contribution in [0.15, 0.2) is 84.4 Å². The van der Waals surface area contributed by atoms with Gasteiger partial charge in [-0.25, -0.2) is 4.79 Å². The van der Waals surface area contributed by atoms with Gasteiger partial charge in [-0.2, -0.15) is 0 Å². The zero-order chi connectivity index (χ0) is 20.2. The molecule has 0 N–H and O–H groups in total. The summed E-state index contributed by atoms with van der Waals surface area (Å²) in [6.45, 7) is 0. The molecule has 0 fully saturated rings. The Labute approximate surface area is 169 Å². The van der Waals surface area contributed by atoms with Crippen LogP contribution >= 0.6 is 0 Å². The molecule has 0 spiro atoms. The van der Waals surface area contributed by atoms with E-state index in [0.717, 1.165) is 22.3 Å². The van der Waals surface area contributed by atoms with Crippen molar-refractivity contribution in [3.8, 4) is 22.6 Å². The van der Waals surface area contributed by atoms with E-state index in [1.165, 1.54) is 0 Å². The molecule has 4 rings (SSSR count). The molecule has 0 aliphatic carbocycles. The van der Waals surface area contributed by atoms with Crippen LogP contribution in [0, 0.1) is 0 Å². The summed E-state index contributed by atoms with van der Waals surface area (Å²) in [7, 11) is 3.18. The highest BCUT2D eigenvalue weighted by molar-refractivity contribution is 6.05. The number of carbonyl (C=O) groups excluding carboxylic acids is 1. The molecule has 0 atom stereocenters. The summed E-state index contributed by atoms with van der Waals surface area (Å²) in [6, 6.07) is 23.5. The second-order valence-corrected chi connectivity index (χ2v) is 6.55. The number of cyclic esters (lactones) is 1. The lowest BCUT2D eigenvalue weighted by Crippen LogP contribution is -1.98. The number of benzene rings is 3. The van der Waals surface area contributed by atoms with Crippen LogP contribution in [0.4, 0.5) is 0 Å². The van der Waals surface area contributed by atoms with Crippen molar-refractivity contribution in [2.24, 2.45) is 0 Å². The maximum atomic E-state index is 12.4. The van der Waals surface area contributed by atoms with Gasteiger partial charge in [0.05, 0.1) is 19.8 Å². The van der Waals surface area contributed by atoms with Gasteiger partial charge in [-0.15, -0.1) is 0 Å². The minimum atomic E-state index is -0.384. The Morgan fingerprint density at radius 3 is 2.17 bits per heavy atom. The van der Waals surface area contributed by atoms with Gasteiger partial charge in [-0.1, -0.05) is 54.6 Å². The van der Waals surface area contributed by atoms with Crippen LogP contribution in [0.3, 0.4) is 0 Å². The molecular weight excluding hydrogens is 364 g/mol. The molecule has 0 amide bonds. The van der Waals surface area contributed by atoms with Crippen molar-refractivity contribution in [3.63, 3.8) is 0 Å². The Hall–Kier alpha value is -3.79. The average Bonchev–Trinajstić information content (AvgIpc) is 3.15. The van der Waals surface area contributed by atoms with E-state index < -0.39 is 0 Å². The topological polar surface area (TPSA) is 44.8 Å². The van der Waals surface area contributed by atoms with E-state index in [2.05, 4.69) is 12.1 Å². The molecule has 4 heteroatoms. The van der Waals surface area contributed by atoms with Crippen LogP contribution in [0.2, 0.25) is 0 Å². The van der Waals surface area contributed by atoms with Gasteiger partial charge in [-0.3, -0.25) is 0 Å². The summed E-state index contributed by atoms with van der Waals surface area (Å²) in [5, 5.41) is 0. The summed E-state index contributed by atoms with van der Waals surface area (Å²) >= 11 is 0. The van der Waals surface area contributed by atoms with Crippen LogP contribution in [-0.4, -0.2) is 20.2 Å². The molecule has 0 saturated heterocycles. The Bertz CT molecular complexity index is 1090. The number of hydrogen-bond donors (Lipinski definition) is 0. The van der Waals surface area contributed by atoms with Gasteiger partial charge in [0, 0.05) is 17.2 Å². The molecule has 3 aromatic carbocycles. The molecule has 0 bridgehead atoms. The zero-order valence-corrected chi connectivity index (χ0v) is 16.2. The summed E-state index contributed by atoms with van der Waals surface area (Å²) in [6.07, 6.45) is 3.51. The van der Waals surface area contributed by atoms with Crippen LogP contribution in [-0.2, 0) is 9.53 Å². The van der Waals surface area contributed by atoms with Crippen LogP contribution < -0.4 is 9.47 Å². The molecule has 29 heavy (non-hydrogen) atoms. The lowest BCUT2D eigenvalue weighted by Gasteiger charge is -2.07. The third kappa shape index (κ3) is 3.92. The highest BCUT2D eigenvalue weighted by Crippen LogP contribution is 2.32. The van der Waals surface area contributed by atoms with E-state index in [1.807, 2.05) is 54.6 Å². The first-order valence-electron chi connectivity index (χ1n) is 9.21. The van der Waals surface area contributed by atoms with E-state index in [1.54, 1.807) is 32.4 Å². The predicted molar refractivity (Wildman–Crippen MR) is 113 cm³/mol. The summed E-state index contributed by atoms with van der Waals surface area (Å²) in [5.74, 6) is 1.46.